The summed E-state index contributed by atoms with van der Waals surface area (Å²) in [6.45, 7) is 2.66. The summed E-state index contributed by atoms with van der Waals surface area (Å²) in [6, 6.07) is 9.31. The summed E-state index contributed by atoms with van der Waals surface area (Å²) in [6.07, 6.45) is 3.14. The predicted molar refractivity (Wildman–Crippen MR) is 68.4 cm³/mol. The zero-order valence-electron chi connectivity index (χ0n) is 10.5. The van der Waals surface area contributed by atoms with Crippen molar-refractivity contribution in [3.05, 3.63) is 53.3 Å². The van der Waals surface area contributed by atoms with Crippen molar-refractivity contribution in [3.8, 4) is 6.07 Å². The fourth-order valence-electron chi connectivity index (χ4n) is 1.64. The fraction of sp³-hybridized carbons (Fsp3) is 0.214. The van der Waals surface area contributed by atoms with Crippen molar-refractivity contribution in [2.24, 2.45) is 0 Å². The van der Waals surface area contributed by atoms with Crippen LogP contribution in [0.2, 0.25) is 0 Å². The minimum absolute atomic E-state index is 0.347. The predicted octanol–water partition coefficient (Wildman–Crippen LogP) is 1.98. The van der Waals surface area contributed by atoms with Crippen molar-refractivity contribution < 1.29 is 9.53 Å². The molecule has 5 heteroatoms. The van der Waals surface area contributed by atoms with Crippen LogP contribution in [0.15, 0.2) is 36.7 Å². The van der Waals surface area contributed by atoms with Gasteiger partial charge in [0.2, 0.25) is 0 Å². The van der Waals surface area contributed by atoms with Gasteiger partial charge >= 0.3 is 5.97 Å². The van der Waals surface area contributed by atoms with E-state index in [0.29, 0.717) is 24.3 Å². The van der Waals surface area contributed by atoms with E-state index in [2.05, 4.69) is 11.2 Å². The molecule has 0 aliphatic heterocycles. The summed E-state index contributed by atoms with van der Waals surface area (Å²) in [4.78, 5) is 11.5. The molecule has 2 rings (SSSR count). The molecule has 0 saturated heterocycles. The Morgan fingerprint density at radius 1 is 1.42 bits per heavy atom. The first-order chi connectivity index (χ1) is 9.22. The normalized spacial score (nSPS) is 9.89. The summed E-state index contributed by atoms with van der Waals surface area (Å²) in [7, 11) is 0. The summed E-state index contributed by atoms with van der Waals surface area (Å²) < 4.78 is 6.55. The Labute approximate surface area is 111 Å². The highest BCUT2D eigenvalue weighted by molar-refractivity contribution is 5.88. The molecule has 0 aliphatic rings. The zero-order valence-corrected chi connectivity index (χ0v) is 10.5. The number of carbonyl (C=O) groups is 1. The van der Waals surface area contributed by atoms with E-state index in [-0.39, 0.29) is 5.97 Å². The van der Waals surface area contributed by atoms with E-state index in [1.807, 2.05) is 12.1 Å². The molecule has 1 aromatic heterocycles. The highest BCUT2D eigenvalue weighted by atomic mass is 16.5. The summed E-state index contributed by atoms with van der Waals surface area (Å²) in [5.74, 6) is -0.367. The minimum Gasteiger partial charge on any atom is -0.462 e. The summed E-state index contributed by atoms with van der Waals surface area (Å²) in [5.41, 5.74) is 2.07. The number of esters is 1. The van der Waals surface area contributed by atoms with Gasteiger partial charge in [0, 0.05) is 6.20 Å². The molecule has 0 N–H and O–H groups in total. The molecule has 19 heavy (non-hydrogen) atoms. The molecule has 0 fully saturated rings. The van der Waals surface area contributed by atoms with Gasteiger partial charge in [-0.25, -0.2) is 4.79 Å². The second-order valence-electron chi connectivity index (χ2n) is 3.96. The number of nitrogens with zero attached hydrogens (tertiary/aromatic N) is 3. The lowest BCUT2D eigenvalue weighted by molar-refractivity contribution is 0.0526. The van der Waals surface area contributed by atoms with Crippen LogP contribution in [-0.2, 0) is 11.3 Å². The molecule has 0 aliphatic carbocycles. The Balaban J connectivity index is 2.07. The molecule has 1 aromatic carbocycles. The maximum atomic E-state index is 11.5. The van der Waals surface area contributed by atoms with Gasteiger partial charge in [0.05, 0.1) is 36.5 Å². The molecular formula is C14H13N3O2. The number of carbonyl (C=O) groups excluding carboxylic acids is 1. The van der Waals surface area contributed by atoms with Crippen molar-refractivity contribution in [1.29, 1.82) is 5.26 Å². The quantitative estimate of drug-likeness (QED) is 0.783. The van der Waals surface area contributed by atoms with Gasteiger partial charge in [-0.15, -0.1) is 0 Å². The highest BCUT2D eigenvalue weighted by Crippen LogP contribution is 2.07. The van der Waals surface area contributed by atoms with Crippen LogP contribution in [0, 0.1) is 11.3 Å². The number of nitriles is 1. The monoisotopic (exact) mass is 255 g/mol. The van der Waals surface area contributed by atoms with Gasteiger partial charge in [-0.1, -0.05) is 12.1 Å². The number of benzene rings is 1. The Kier molecular flexibility index (Phi) is 3.94. The molecular weight excluding hydrogens is 242 g/mol. The van der Waals surface area contributed by atoms with E-state index < -0.39 is 0 Å². The number of hydrogen-bond acceptors (Lipinski definition) is 4. The number of rotatable bonds is 4. The first kappa shape index (κ1) is 12.8. The Bertz CT molecular complexity index is 608. The van der Waals surface area contributed by atoms with Crippen LogP contribution in [0.1, 0.15) is 28.4 Å². The number of ether oxygens (including phenoxy) is 1. The lowest BCUT2D eigenvalue weighted by Gasteiger charge is -2.01. The third kappa shape index (κ3) is 3.19. The van der Waals surface area contributed by atoms with Gasteiger partial charge in [0.15, 0.2) is 0 Å². The maximum absolute atomic E-state index is 11.5. The average Bonchev–Trinajstić information content (AvgIpc) is 2.88. The lowest BCUT2D eigenvalue weighted by Crippen LogP contribution is -2.04. The standard InChI is InChI=1S/C14H13N3O2/c1-2-19-14(18)13-8-16-17(10-13)9-12-5-3-11(7-15)4-6-12/h3-6,8,10H,2,9H2,1H3. The van der Waals surface area contributed by atoms with E-state index in [9.17, 15) is 4.79 Å². The molecule has 0 unspecified atom stereocenters. The summed E-state index contributed by atoms with van der Waals surface area (Å²) in [5, 5.41) is 12.8. The van der Waals surface area contributed by atoms with Crippen LogP contribution in [0.4, 0.5) is 0 Å². The molecule has 0 radical (unpaired) electrons. The zero-order chi connectivity index (χ0) is 13.7. The van der Waals surface area contributed by atoms with Crippen molar-refractivity contribution in [2.45, 2.75) is 13.5 Å². The van der Waals surface area contributed by atoms with E-state index in [0.717, 1.165) is 5.56 Å². The SMILES string of the molecule is CCOC(=O)c1cnn(Cc2ccc(C#N)cc2)c1. The Morgan fingerprint density at radius 2 is 2.16 bits per heavy atom. The molecule has 5 nitrogen and oxygen atoms in total. The molecule has 0 amide bonds. The van der Waals surface area contributed by atoms with Gasteiger partial charge in [0.1, 0.15) is 0 Å². The topological polar surface area (TPSA) is 67.9 Å². The minimum atomic E-state index is -0.367. The van der Waals surface area contributed by atoms with Gasteiger partial charge in [-0.3, -0.25) is 4.68 Å². The second-order valence-corrected chi connectivity index (χ2v) is 3.96. The van der Waals surface area contributed by atoms with Gasteiger partial charge in [-0.05, 0) is 24.6 Å². The van der Waals surface area contributed by atoms with Crippen LogP contribution in [-0.4, -0.2) is 22.4 Å². The van der Waals surface area contributed by atoms with Crippen LogP contribution < -0.4 is 0 Å². The first-order valence-electron chi connectivity index (χ1n) is 5.91. The molecule has 0 bridgehead atoms. The molecule has 0 atom stereocenters. The first-order valence-corrected chi connectivity index (χ1v) is 5.91. The summed E-state index contributed by atoms with van der Waals surface area (Å²) >= 11 is 0. The molecule has 0 saturated carbocycles. The second kappa shape index (κ2) is 5.83. The van der Waals surface area contributed by atoms with Crippen LogP contribution >= 0.6 is 0 Å². The van der Waals surface area contributed by atoms with Gasteiger partial charge in [0.25, 0.3) is 0 Å². The van der Waals surface area contributed by atoms with Crippen molar-refractivity contribution in [2.75, 3.05) is 6.61 Å². The van der Waals surface area contributed by atoms with Gasteiger partial charge < -0.3 is 4.74 Å². The van der Waals surface area contributed by atoms with Crippen molar-refractivity contribution in [3.63, 3.8) is 0 Å². The van der Waals surface area contributed by atoms with E-state index in [4.69, 9.17) is 10.00 Å². The van der Waals surface area contributed by atoms with Crippen LogP contribution in [0.3, 0.4) is 0 Å². The Hall–Kier alpha value is -2.61. The maximum Gasteiger partial charge on any atom is 0.341 e. The molecule has 1 heterocycles. The average molecular weight is 255 g/mol. The van der Waals surface area contributed by atoms with Crippen molar-refractivity contribution >= 4 is 5.97 Å². The molecule has 96 valence electrons. The third-order valence-corrected chi connectivity index (χ3v) is 2.57. The van der Waals surface area contributed by atoms with Crippen molar-refractivity contribution in [1.82, 2.24) is 9.78 Å². The van der Waals surface area contributed by atoms with E-state index in [1.165, 1.54) is 6.20 Å². The Morgan fingerprint density at radius 3 is 2.79 bits per heavy atom. The largest absolute Gasteiger partial charge is 0.462 e. The lowest BCUT2D eigenvalue weighted by atomic mass is 10.1. The highest BCUT2D eigenvalue weighted by Gasteiger charge is 2.09. The fourth-order valence-corrected chi connectivity index (χ4v) is 1.64. The number of aromatic nitrogens is 2. The third-order valence-electron chi connectivity index (χ3n) is 2.57. The van der Waals surface area contributed by atoms with E-state index in [1.54, 1.807) is 29.9 Å². The number of hydrogen-bond donors (Lipinski definition) is 0. The smallest absolute Gasteiger partial charge is 0.341 e. The van der Waals surface area contributed by atoms with Gasteiger partial charge in [-0.2, -0.15) is 10.4 Å². The molecule has 0 spiro atoms. The molecule has 2 aromatic rings. The van der Waals surface area contributed by atoms with Crippen LogP contribution in [0.25, 0.3) is 0 Å². The van der Waals surface area contributed by atoms with Crippen LogP contribution in [0.5, 0.6) is 0 Å². The van der Waals surface area contributed by atoms with E-state index >= 15 is 0 Å².